The predicted octanol–water partition coefficient (Wildman–Crippen LogP) is 3.86. The topological polar surface area (TPSA) is 47.0 Å². The Balaban J connectivity index is 2.01. The maximum atomic E-state index is 12.4. The molecule has 0 saturated heterocycles. The summed E-state index contributed by atoms with van der Waals surface area (Å²) < 4.78 is 24.7. The number of fused-ring (bicyclic) bond motifs is 1. The molecule has 106 valence electrons. The smallest absolute Gasteiger partial charge is 0.182 e. The van der Waals surface area contributed by atoms with Crippen molar-refractivity contribution in [3.05, 3.63) is 71.4 Å². The molecule has 0 atom stereocenters. The minimum absolute atomic E-state index is 0.0574. The van der Waals surface area contributed by atoms with E-state index in [9.17, 15) is 8.42 Å². The number of hydrogen-bond acceptors (Lipinski definition) is 3. The first kappa shape index (κ1) is 14.0. The van der Waals surface area contributed by atoms with Crippen LogP contribution in [0.25, 0.3) is 10.9 Å². The van der Waals surface area contributed by atoms with Gasteiger partial charge in [0.1, 0.15) is 0 Å². The lowest BCUT2D eigenvalue weighted by Crippen LogP contribution is -2.04. The average Bonchev–Trinajstić information content (AvgIpc) is 2.49. The van der Waals surface area contributed by atoms with Gasteiger partial charge in [-0.05, 0) is 35.9 Å². The van der Waals surface area contributed by atoms with E-state index in [1.54, 1.807) is 60.8 Å². The summed E-state index contributed by atoms with van der Waals surface area (Å²) in [5.74, 6) is -0.0574. The molecule has 0 aliphatic rings. The van der Waals surface area contributed by atoms with Gasteiger partial charge in [0.25, 0.3) is 0 Å². The van der Waals surface area contributed by atoms with Crippen molar-refractivity contribution in [3.63, 3.8) is 0 Å². The Kier molecular flexibility index (Phi) is 3.66. The Hall–Kier alpha value is -1.91. The van der Waals surface area contributed by atoms with Crippen LogP contribution in [-0.2, 0) is 15.6 Å². The van der Waals surface area contributed by atoms with Crippen LogP contribution in [0.15, 0.2) is 65.7 Å². The molecule has 0 bridgehead atoms. The van der Waals surface area contributed by atoms with Crippen LogP contribution in [0.2, 0.25) is 5.02 Å². The van der Waals surface area contributed by atoms with Crippen LogP contribution in [-0.4, -0.2) is 13.4 Å². The second-order valence-electron chi connectivity index (χ2n) is 4.72. The van der Waals surface area contributed by atoms with Gasteiger partial charge in [-0.15, -0.1) is 0 Å². The summed E-state index contributed by atoms with van der Waals surface area (Å²) in [5.41, 5.74) is 1.45. The van der Waals surface area contributed by atoms with Gasteiger partial charge in [-0.25, -0.2) is 8.42 Å². The predicted molar refractivity (Wildman–Crippen MR) is 84.1 cm³/mol. The highest BCUT2D eigenvalue weighted by atomic mass is 35.5. The second-order valence-corrected chi connectivity index (χ2v) is 7.11. The Morgan fingerprint density at radius 1 is 1.00 bits per heavy atom. The molecule has 0 radical (unpaired) electrons. The first-order chi connectivity index (χ1) is 10.1. The molecule has 5 heteroatoms. The minimum atomic E-state index is -3.36. The Bertz CT molecular complexity index is 893. The zero-order chi connectivity index (χ0) is 14.9. The van der Waals surface area contributed by atoms with Crippen molar-refractivity contribution in [2.75, 3.05) is 0 Å². The highest BCUT2D eigenvalue weighted by Gasteiger charge is 2.15. The first-order valence-electron chi connectivity index (χ1n) is 6.37. The van der Waals surface area contributed by atoms with E-state index in [-0.39, 0.29) is 5.75 Å². The van der Waals surface area contributed by atoms with E-state index < -0.39 is 9.84 Å². The van der Waals surface area contributed by atoms with E-state index >= 15 is 0 Å². The average molecular weight is 318 g/mol. The van der Waals surface area contributed by atoms with Gasteiger partial charge in [0, 0.05) is 11.6 Å². The molecule has 0 aliphatic carbocycles. The highest BCUT2D eigenvalue weighted by molar-refractivity contribution is 7.90. The fraction of sp³-hybridized carbons (Fsp3) is 0.0625. The van der Waals surface area contributed by atoms with Crippen LogP contribution in [0, 0.1) is 0 Å². The summed E-state index contributed by atoms with van der Waals surface area (Å²) in [6, 6.07) is 15.5. The fourth-order valence-electron chi connectivity index (χ4n) is 2.18. The normalized spacial score (nSPS) is 11.7. The molecule has 0 amide bonds. The molecule has 0 aliphatic heterocycles. The number of rotatable bonds is 3. The van der Waals surface area contributed by atoms with Gasteiger partial charge in [-0.1, -0.05) is 35.9 Å². The third-order valence-corrected chi connectivity index (χ3v) is 5.25. The van der Waals surface area contributed by atoms with Crippen molar-refractivity contribution in [2.45, 2.75) is 10.6 Å². The number of pyridine rings is 1. The molecule has 0 N–H and O–H groups in total. The minimum Gasteiger partial charge on any atom is -0.256 e. The van der Waals surface area contributed by atoms with Crippen molar-refractivity contribution >= 4 is 32.3 Å². The zero-order valence-electron chi connectivity index (χ0n) is 11.0. The summed E-state index contributed by atoms with van der Waals surface area (Å²) in [7, 11) is -3.36. The van der Waals surface area contributed by atoms with Crippen molar-refractivity contribution in [1.29, 1.82) is 0 Å². The van der Waals surface area contributed by atoms with E-state index in [1.165, 1.54) is 0 Å². The Morgan fingerprint density at radius 3 is 2.52 bits per heavy atom. The van der Waals surface area contributed by atoms with Gasteiger partial charge >= 0.3 is 0 Å². The van der Waals surface area contributed by atoms with Crippen molar-refractivity contribution in [2.24, 2.45) is 0 Å². The summed E-state index contributed by atoms with van der Waals surface area (Å²) in [4.78, 5) is 4.53. The van der Waals surface area contributed by atoms with Gasteiger partial charge in [0.05, 0.1) is 21.2 Å². The summed E-state index contributed by atoms with van der Waals surface area (Å²) in [5, 5.41) is 1.33. The van der Waals surface area contributed by atoms with Crippen molar-refractivity contribution < 1.29 is 8.42 Å². The van der Waals surface area contributed by atoms with Crippen LogP contribution < -0.4 is 0 Å². The number of sulfone groups is 1. The number of aromatic nitrogens is 1. The Labute approximate surface area is 128 Å². The molecule has 1 heterocycles. The van der Waals surface area contributed by atoms with Crippen LogP contribution in [0.4, 0.5) is 0 Å². The SMILES string of the molecule is O=S(=O)(Cc1ccc2nccc(Cl)c2c1)c1ccccc1. The number of hydrogen-bond donors (Lipinski definition) is 0. The molecular weight excluding hydrogens is 306 g/mol. The van der Waals surface area contributed by atoms with Gasteiger partial charge in [-0.2, -0.15) is 0 Å². The Morgan fingerprint density at radius 2 is 1.76 bits per heavy atom. The van der Waals surface area contributed by atoms with Gasteiger partial charge in [0.2, 0.25) is 0 Å². The molecule has 0 unspecified atom stereocenters. The maximum absolute atomic E-state index is 12.4. The largest absolute Gasteiger partial charge is 0.256 e. The molecular formula is C16H12ClNO2S. The summed E-state index contributed by atoms with van der Waals surface area (Å²) >= 11 is 6.13. The monoisotopic (exact) mass is 317 g/mol. The van der Waals surface area contributed by atoms with E-state index in [1.807, 2.05) is 0 Å². The summed E-state index contributed by atoms with van der Waals surface area (Å²) in [6.45, 7) is 0. The van der Waals surface area contributed by atoms with Crippen molar-refractivity contribution in [1.82, 2.24) is 4.98 Å². The molecule has 0 spiro atoms. The van der Waals surface area contributed by atoms with Crippen LogP contribution in [0.5, 0.6) is 0 Å². The third kappa shape index (κ3) is 2.91. The lowest BCUT2D eigenvalue weighted by atomic mass is 10.1. The third-order valence-electron chi connectivity index (χ3n) is 3.21. The molecule has 2 aromatic carbocycles. The molecule has 3 aromatic rings. The first-order valence-corrected chi connectivity index (χ1v) is 8.40. The molecule has 21 heavy (non-hydrogen) atoms. The molecule has 3 nitrogen and oxygen atoms in total. The second kappa shape index (κ2) is 5.47. The summed E-state index contributed by atoms with van der Waals surface area (Å²) in [6.07, 6.45) is 1.63. The lowest BCUT2D eigenvalue weighted by Gasteiger charge is -2.06. The quantitative estimate of drug-likeness (QED) is 0.737. The molecule has 3 rings (SSSR count). The lowest BCUT2D eigenvalue weighted by molar-refractivity contribution is 0.595. The molecule has 1 aromatic heterocycles. The van der Waals surface area contributed by atoms with Gasteiger partial charge in [0.15, 0.2) is 9.84 Å². The number of halogens is 1. The number of benzene rings is 2. The van der Waals surface area contributed by atoms with E-state index in [0.29, 0.717) is 15.5 Å². The molecule has 0 fully saturated rings. The fourth-order valence-corrected chi connectivity index (χ4v) is 3.74. The van der Waals surface area contributed by atoms with Crippen LogP contribution >= 0.6 is 11.6 Å². The van der Waals surface area contributed by atoms with Gasteiger partial charge < -0.3 is 0 Å². The maximum Gasteiger partial charge on any atom is 0.182 e. The van der Waals surface area contributed by atoms with Crippen LogP contribution in [0.1, 0.15) is 5.56 Å². The van der Waals surface area contributed by atoms with E-state index in [0.717, 1.165) is 10.9 Å². The highest BCUT2D eigenvalue weighted by Crippen LogP contribution is 2.24. The van der Waals surface area contributed by atoms with Gasteiger partial charge in [-0.3, -0.25) is 4.98 Å². The number of nitrogens with zero attached hydrogens (tertiary/aromatic N) is 1. The van der Waals surface area contributed by atoms with Crippen molar-refractivity contribution in [3.8, 4) is 0 Å². The zero-order valence-corrected chi connectivity index (χ0v) is 12.6. The standard InChI is InChI=1S/C16H12ClNO2S/c17-15-8-9-18-16-7-6-12(10-14(15)16)11-21(19,20)13-4-2-1-3-5-13/h1-10H,11H2. The van der Waals surface area contributed by atoms with E-state index in [4.69, 9.17) is 11.6 Å². The molecule has 0 saturated carbocycles. The van der Waals surface area contributed by atoms with E-state index in [2.05, 4.69) is 4.98 Å². The van der Waals surface area contributed by atoms with Crippen LogP contribution in [0.3, 0.4) is 0 Å².